The third kappa shape index (κ3) is 6.01. The summed E-state index contributed by atoms with van der Waals surface area (Å²) in [6.45, 7) is 3.18. The van der Waals surface area contributed by atoms with Gasteiger partial charge in [-0.2, -0.15) is 0 Å². The van der Waals surface area contributed by atoms with Crippen molar-refractivity contribution >= 4 is 28.6 Å². The lowest BCUT2D eigenvalue weighted by Gasteiger charge is -2.44. The van der Waals surface area contributed by atoms with Gasteiger partial charge in [-0.05, 0) is 61.8 Å². The number of para-hydroxylation sites is 1. The SMILES string of the molecule is CI.O=C(COCC1CCCN2CCCCC12)Oc1ccccc1. The fraction of sp³-hybridized carbons (Fsp3) is 0.632. The number of carbonyl (C=O) groups is 1. The number of benzene rings is 1. The molecule has 0 spiro atoms. The molecule has 1 aromatic rings. The van der Waals surface area contributed by atoms with E-state index in [2.05, 4.69) is 27.5 Å². The Bertz CT molecular complexity index is 481. The highest BCUT2D eigenvalue weighted by Crippen LogP contribution is 2.30. The van der Waals surface area contributed by atoms with Gasteiger partial charge >= 0.3 is 5.97 Å². The van der Waals surface area contributed by atoms with Crippen LogP contribution >= 0.6 is 22.6 Å². The molecule has 2 unspecified atom stereocenters. The molecule has 0 bridgehead atoms. The highest BCUT2D eigenvalue weighted by Gasteiger charge is 2.32. The Hall–Kier alpha value is -0.660. The molecule has 2 saturated heterocycles. The molecule has 5 heteroatoms. The van der Waals surface area contributed by atoms with Crippen LogP contribution in [0.5, 0.6) is 5.75 Å². The second kappa shape index (κ2) is 11.1. The molecule has 0 aromatic heterocycles. The number of piperidine rings is 2. The minimum atomic E-state index is -0.317. The lowest BCUT2D eigenvalue weighted by Crippen LogP contribution is -2.49. The van der Waals surface area contributed by atoms with Crippen molar-refractivity contribution in [2.75, 3.05) is 31.2 Å². The Balaban J connectivity index is 0.00000100. The van der Waals surface area contributed by atoms with E-state index in [1.807, 2.05) is 23.1 Å². The van der Waals surface area contributed by atoms with Crippen LogP contribution in [0.1, 0.15) is 32.1 Å². The number of nitrogens with zero attached hydrogens (tertiary/aromatic N) is 1. The molecular formula is C19H28INO3. The van der Waals surface area contributed by atoms with Crippen molar-refractivity contribution in [2.24, 2.45) is 5.92 Å². The first-order valence-electron chi connectivity index (χ1n) is 8.78. The van der Waals surface area contributed by atoms with Gasteiger partial charge in [0.15, 0.2) is 0 Å². The second-order valence-corrected chi connectivity index (χ2v) is 6.30. The van der Waals surface area contributed by atoms with E-state index < -0.39 is 0 Å². The molecule has 2 fully saturated rings. The van der Waals surface area contributed by atoms with E-state index in [1.165, 1.54) is 45.2 Å². The molecule has 24 heavy (non-hydrogen) atoms. The molecule has 2 atom stereocenters. The van der Waals surface area contributed by atoms with Gasteiger partial charge in [-0.25, -0.2) is 4.79 Å². The highest BCUT2D eigenvalue weighted by atomic mass is 127. The van der Waals surface area contributed by atoms with Gasteiger partial charge in [0.1, 0.15) is 12.4 Å². The number of carbonyl (C=O) groups excluding carboxylic acids is 1. The molecule has 0 N–H and O–H groups in total. The van der Waals surface area contributed by atoms with Gasteiger partial charge in [-0.1, -0.05) is 47.2 Å². The molecule has 4 nitrogen and oxygen atoms in total. The van der Waals surface area contributed by atoms with Crippen LogP contribution in [0, 0.1) is 5.92 Å². The maximum absolute atomic E-state index is 11.8. The van der Waals surface area contributed by atoms with Gasteiger partial charge in [0.05, 0.1) is 6.61 Å². The maximum atomic E-state index is 11.8. The zero-order valence-electron chi connectivity index (χ0n) is 14.5. The number of esters is 1. The highest BCUT2D eigenvalue weighted by molar-refractivity contribution is 14.1. The van der Waals surface area contributed by atoms with Gasteiger partial charge in [-0.15, -0.1) is 0 Å². The molecule has 0 amide bonds. The number of ether oxygens (including phenoxy) is 2. The largest absolute Gasteiger partial charge is 0.425 e. The van der Waals surface area contributed by atoms with Gasteiger partial charge in [0, 0.05) is 6.04 Å². The fourth-order valence-electron chi connectivity index (χ4n) is 3.71. The minimum absolute atomic E-state index is 0.0398. The summed E-state index contributed by atoms with van der Waals surface area (Å²) < 4.78 is 10.9. The van der Waals surface area contributed by atoms with E-state index >= 15 is 0 Å². The molecule has 134 valence electrons. The standard InChI is InChI=1S/C18H25NO3.CH3I/c20-18(22-16-8-2-1-3-9-16)14-21-13-15-7-6-12-19-11-5-4-10-17(15)19;1-2/h1-3,8-9,15,17H,4-7,10-14H2;1H3. The summed E-state index contributed by atoms with van der Waals surface area (Å²) in [6.07, 6.45) is 6.40. The Kier molecular flexibility index (Phi) is 9.05. The van der Waals surface area contributed by atoms with Gasteiger partial charge in [0.2, 0.25) is 0 Å². The van der Waals surface area contributed by atoms with Crippen molar-refractivity contribution in [3.8, 4) is 5.75 Å². The molecule has 1 aromatic carbocycles. The summed E-state index contributed by atoms with van der Waals surface area (Å²) in [5, 5.41) is 0. The first kappa shape index (κ1) is 19.7. The number of halogens is 1. The van der Waals surface area contributed by atoms with Crippen molar-refractivity contribution in [3.05, 3.63) is 30.3 Å². The normalized spacial score (nSPS) is 23.6. The zero-order chi connectivity index (χ0) is 17.2. The smallest absolute Gasteiger partial charge is 0.337 e. The number of hydrogen-bond donors (Lipinski definition) is 0. The summed E-state index contributed by atoms with van der Waals surface area (Å²) in [5.41, 5.74) is 0. The van der Waals surface area contributed by atoms with Crippen molar-refractivity contribution < 1.29 is 14.3 Å². The van der Waals surface area contributed by atoms with Crippen LogP contribution in [0.3, 0.4) is 0 Å². The van der Waals surface area contributed by atoms with Gasteiger partial charge < -0.3 is 14.4 Å². The quantitative estimate of drug-likeness (QED) is 0.298. The van der Waals surface area contributed by atoms with Crippen molar-refractivity contribution in [1.82, 2.24) is 4.90 Å². The summed E-state index contributed by atoms with van der Waals surface area (Å²) in [7, 11) is 0. The number of alkyl halides is 1. The molecule has 2 aliphatic heterocycles. The maximum Gasteiger partial charge on any atom is 0.337 e. The van der Waals surface area contributed by atoms with E-state index in [1.54, 1.807) is 12.1 Å². The van der Waals surface area contributed by atoms with Crippen molar-refractivity contribution in [1.29, 1.82) is 0 Å². The zero-order valence-corrected chi connectivity index (χ0v) is 16.6. The average molecular weight is 445 g/mol. The van der Waals surface area contributed by atoms with E-state index in [4.69, 9.17) is 9.47 Å². The van der Waals surface area contributed by atoms with Crippen molar-refractivity contribution in [2.45, 2.75) is 38.1 Å². The Labute approximate surface area is 159 Å². The topological polar surface area (TPSA) is 38.8 Å². The molecule has 2 aliphatic rings. The Morgan fingerprint density at radius 3 is 2.67 bits per heavy atom. The molecular weight excluding hydrogens is 417 g/mol. The first-order chi connectivity index (χ1) is 11.8. The Morgan fingerprint density at radius 1 is 1.12 bits per heavy atom. The fourth-order valence-corrected chi connectivity index (χ4v) is 3.71. The molecule has 0 saturated carbocycles. The average Bonchev–Trinajstić information content (AvgIpc) is 2.64. The molecule has 2 heterocycles. The lowest BCUT2D eigenvalue weighted by atomic mass is 9.84. The van der Waals surface area contributed by atoms with E-state index in [0.29, 0.717) is 24.3 Å². The third-order valence-corrected chi connectivity index (χ3v) is 4.76. The van der Waals surface area contributed by atoms with E-state index in [9.17, 15) is 4.79 Å². The number of rotatable bonds is 5. The first-order valence-corrected chi connectivity index (χ1v) is 10.9. The van der Waals surface area contributed by atoms with Crippen LogP contribution in [-0.4, -0.2) is 48.1 Å². The van der Waals surface area contributed by atoms with Gasteiger partial charge in [-0.3, -0.25) is 0 Å². The van der Waals surface area contributed by atoms with Crippen LogP contribution in [-0.2, 0) is 9.53 Å². The number of hydrogen-bond acceptors (Lipinski definition) is 4. The van der Waals surface area contributed by atoms with Crippen LogP contribution in [0.15, 0.2) is 30.3 Å². The molecule has 0 aliphatic carbocycles. The van der Waals surface area contributed by atoms with Crippen LogP contribution in [0.4, 0.5) is 0 Å². The van der Waals surface area contributed by atoms with E-state index in [0.717, 1.165) is 0 Å². The summed E-state index contributed by atoms with van der Waals surface area (Å²) in [6, 6.07) is 9.81. The van der Waals surface area contributed by atoms with Crippen LogP contribution in [0.2, 0.25) is 0 Å². The monoisotopic (exact) mass is 445 g/mol. The van der Waals surface area contributed by atoms with E-state index in [-0.39, 0.29) is 12.6 Å². The van der Waals surface area contributed by atoms with Gasteiger partial charge in [0.25, 0.3) is 0 Å². The second-order valence-electron chi connectivity index (χ2n) is 6.30. The molecule has 3 rings (SSSR count). The van der Waals surface area contributed by atoms with Crippen LogP contribution < -0.4 is 4.74 Å². The summed E-state index contributed by atoms with van der Waals surface area (Å²) >= 11 is 2.15. The minimum Gasteiger partial charge on any atom is -0.425 e. The van der Waals surface area contributed by atoms with Crippen LogP contribution in [0.25, 0.3) is 0 Å². The predicted molar refractivity (Wildman–Crippen MR) is 105 cm³/mol. The Morgan fingerprint density at radius 2 is 1.88 bits per heavy atom. The lowest BCUT2D eigenvalue weighted by molar-refractivity contribution is -0.140. The third-order valence-electron chi connectivity index (χ3n) is 4.76. The summed E-state index contributed by atoms with van der Waals surface area (Å²) in [5.74, 6) is 0.827. The predicted octanol–water partition coefficient (Wildman–Crippen LogP) is 3.92. The number of fused-ring (bicyclic) bond motifs is 1. The molecule has 0 radical (unpaired) electrons. The summed E-state index contributed by atoms with van der Waals surface area (Å²) in [4.78, 5) is 16.4. The van der Waals surface area contributed by atoms with Crippen molar-refractivity contribution in [3.63, 3.8) is 0 Å².